The van der Waals surface area contributed by atoms with Gasteiger partial charge in [0, 0.05) is 25.2 Å². The fourth-order valence-corrected chi connectivity index (χ4v) is 4.26. The van der Waals surface area contributed by atoms with Crippen LogP contribution in [0.1, 0.15) is 44.6 Å². The van der Waals surface area contributed by atoms with Crippen LogP contribution in [0.5, 0.6) is 0 Å². The van der Waals surface area contributed by atoms with E-state index >= 15 is 0 Å². The summed E-state index contributed by atoms with van der Waals surface area (Å²) in [7, 11) is 0. The second-order valence-corrected chi connectivity index (χ2v) is 7.97. The van der Waals surface area contributed by atoms with E-state index in [0.29, 0.717) is 19.4 Å². The third-order valence-corrected chi connectivity index (χ3v) is 6.03. The van der Waals surface area contributed by atoms with Gasteiger partial charge in [0.05, 0.1) is 13.2 Å². The van der Waals surface area contributed by atoms with Crippen LogP contribution in [0, 0.1) is 0 Å². The number of nitrogens with zero attached hydrogens (tertiary/aromatic N) is 1. The van der Waals surface area contributed by atoms with Crippen LogP contribution in [0.3, 0.4) is 0 Å². The Balaban J connectivity index is 1.55. The van der Waals surface area contributed by atoms with Crippen molar-refractivity contribution in [2.75, 3.05) is 32.8 Å². The Morgan fingerprint density at radius 3 is 2.54 bits per heavy atom. The summed E-state index contributed by atoms with van der Waals surface area (Å²) in [4.78, 5) is 15.2. The molecule has 1 amide bonds. The van der Waals surface area contributed by atoms with Gasteiger partial charge in [-0.25, -0.2) is 0 Å². The van der Waals surface area contributed by atoms with Crippen LogP contribution < -0.4 is 5.32 Å². The summed E-state index contributed by atoms with van der Waals surface area (Å²) >= 11 is 0. The maximum absolute atomic E-state index is 12.7. The quantitative estimate of drug-likeness (QED) is 0.782. The second kappa shape index (κ2) is 8.51. The van der Waals surface area contributed by atoms with Gasteiger partial charge < -0.3 is 15.2 Å². The lowest BCUT2D eigenvalue weighted by Crippen LogP contribution is -2.59. The summed E-state index contributed by atoms with van der Waals surface area (Å²) in [6.07, 6.45) is 5.75. The van der Waals surface area contributed by atoms with Crippen molar-refractivity contribution in [1.82, 2.24) is 10.2 Å². The van der Waals surface area contributed by atoms with E-state index in [1.807, 2.05) is 30.3 Å². The summed E-state index contributed by atoms with van der Waals surface area (Å²) in [5.74, 6) is -0.257. The molecule has 1 aliphatic carbocycles. The molecule has 5 heteroatoms. The molecule has 1 saturated carbocycles. The summed E-state index contributed by atoms with van der Waals surface area (Å²) in [6, 6.07) is 9.99. The first kappa shape index (κ1) is 19.3. The Morgan fingerprint density at radius 2 is 1.88 bits per heavy atom. The number of hydrogen-bond acceptors (Lipinski definition) is 4. The zero-order valence-electron chi connectivity index (χ0n) is 15.9. The Hall–Kier alpha value is -1.43. The number of benzene rings is 1. The van der Waals surface area contributed by atoms with E-state index in [0.717, 1.165) is 44.7 Å². The molecule has 1 heterocycles. The van der Waals surface area contributed by atoms with Crippen LogP contribution in [-0.4, -0.2) is 59.9 Å². The first-order chi connectivity index (χ1) is 12.5. The first-order valence-corrected chi connectivity index (χ1v) is 9.89. The van der Waals surface area contributed by atoms with Gasteiger partial charge in [0.2, 0.25) is 0 Å². The lowest BCUT2D eigenvalue weighted by atomic mass is 9.92. The van der Waals surface area contributed by atoms with Gasteiger partial charge in [-0.1, -0.05) is 43.2 Å². The molecule has 2 fully saturated rings. The summed E-state index contributed by atoms with van der Waals surface area (Å²) in [5.41, 5.74) is -0.170. The van der Waals surface area contributed by atoms with E-state index in [1.165, 1.54) is 12.8 Å². The van der Waals surface area contributed by atoms with E-state index < -0.39 is 5.60 Å². The largest absolute Gasteiger partial charge is 0.380 e. The van der Waals surface area contributed by atoms with Gasteiger partial charge in [-0.05, 0) is 38.2 Å². The number of carbonyl (C=O) groups excluding carboxylic acids is 1. The molecule has 1 aromatic carbocycles. The van der Waals surface area contributed by atoms with Gasteiger partial charge >= 0.3 is 0 Å². The van der Waals surface area contributed by atoms with Gasteiger partial charge in [-0.15, -0.1) is 0 Å². The van der Waals surface area contributed by atoms with Crippen molar-refractivity contribution in [3.63, 3.8) is 0 Å². The average molecular weight is 360 g/mol. The predicted octanol–water partition coefficient (Wildman–Crippen LogP) is 2.13. The average Bonchev–Trinajstić information content (AvgIpc) is 3.16. The van der Waals surface area contributed by atoms with Gasteiger partial charge in [-0.3, -0.25) is 9.69 Å². The predicted molar refractivity (Wildman–Crippen MR) is 102 cm³/mol. The SMILES string of the molecule is CC(O)(CCc1ccccc1)C(=O)NCC1(N2CCOCC2)CCCC1. The Kier molecular flexibility index (Phi) is 6.33. The maximum Gasteiger partial charge on any atom is 0.251 e. The van der Waals surface area contributed by atoms with Gasteiger partial charge in [0.1, 0.15) is 5.60 Å². The zero-order valence-corrected chi connectivity index (χ0v) is 15.9. The molecule has 0 bridgehead atoms. The standard InChI is InChI=1S/C21H32N2O3/c1-20(25,12-9-18-7-3-2-4-8-18)19(24)22-17-21(10-5-6-11-21)23-13-15-26-16-14-23/h2-4,7-8,25H,5-6,9-17H2,1H3,(H,22,24). The molecule has 26 heavy (non-hydrogen) atoms. The second-order valence-electron chi connectivity index (χ2n) is 7.97. The molecule has 5 nitrogen and oxygen atoms in total. The van der Waals surface area contributed by atoms with E-state index in [9.17, 15) is 9.90 Å². The van der Waals surface area contributed by atoms with Crippen LogP contribution in [0.4, 0.5) is 0 Å². The molecule has 0 radical (unpaired) electrons. The number of hydrogen-bond donors (Lipinski definition) is 2. The highest BCUT2D eigenvalue weighted by atomic mass is 16.5. The van der Waals surface area contributed by atoms with Crippen LogP contribution in [-0.2, 0) is 16.0 Å². The van der Waals surface area contributed by atoms with Crippen molar-refractivity contribution in [2.24, 2.45) is 0 Å². The number of rotatable bonds is 7. The molecule has 1 saturated heterocycles. The third-order valence-electron chi connectivity index (χ3n) is 6.03. The van der Waals surface area contributed by atoms with Crippen molar-refractivity contribution < 1.29 is 14.6 Å². The molecule has 0 spiro atoms. The fraction of sp³-hybridized carbons (Fsp3) is 0.667. The van der Waals surface area contributed by atoms with Gasteiger partial charge in [0.25, 0.3) is 5.91 Å². The molecule has 1 atom stereocenters. The molecule has 1 aliphatic heterocycles. The fourth-order valence-electron chi connectivity index (χ4n) is 4.26. The number of ether oxygens (including phenoxy) is 1. The zero-order chi connectivity index (χ0) is 18.5. The molecular weight excluding hydrogens is 328 g/mol. The van der Waals surface area contributed by atoms with Crippen molar-refractivity contribution in [3.05, 3.63) is 35.9 Å². The Morgan fingerprint density at radius 1 is 1.23 bits per heavy atom. The topological polar surface area (TPSA) is 61.8 Å². The number of aryl methyl sites for hydroxylation is 1. The Labute approximate surface area is 156 Å². The minimum Gasteiger partial charge on any atom is -0.380 e. The highest BCUT2D eigenvalue weighted by Crippen LogP contribution is 2.35. The van der Waals surface area contributed by atoms with Crippen LogP contribution in [0.15, 0.2) is 30.3 Å². The molecule has 1 aromatic rings. The summed E-state index contributed by atoms with van der Waals surface area (Å²) in [6.45, 7) is 5.64. The van der Waals surface area contributed by atoms with E-state index in [-0.39, 0.29) is 11.4 Å². The minimum atomic E-state index is -1.35. The van der Waals surface area contributed by atoms with Crippen molar-refractivity contribution in [1.29, 1.82) is 0 Å². The maximum atomic E-state index is 12.7. The van der Waals surface area contributed by atoms with Crippen molar-refractivity contribution >= 4 is 5.91 Å². The molecule has 3 rings (SSSR count). The smallest absolute Gasteiger partial charge is 0.251 e. The van der Waals surface area contributed by atoms with Crippen molar-refractivity contribution in [2.45, 2.75) is 56.6 Å². The number of nitrogens with one attached hydrogen (secondary N) is 1. The highest BCUT2D eigenvalue weighted by Gasteiger charge is 2.41. The number of carbonyl (C=O) groups is 1. The number of amides is 1. The summed E-state index contributed by atoms with van der Waals surface area (Å²) < 4.78 is 5.49. The van der Waals surface area contributed by atoms with Gasteiger partial charge in [0.15, 0.2) is 0 Å². The molecule has 144 valence electrons. The lowest BCUT2D eigenvalue weighted by molar-refractivity contribution is -0.139. The lowest BCUT2D eigenvalue weighted by Gasteiger charge is -2.44. The van der Waals surface area contributed by atoms with Crippen LogP contribution in [0.25, 0.3) is 0 Å². The molecule has 1 unspecified atom stereocenters. The first-order valence-electron chi connectivity index (χ1n) is 9.89. The highest BCUT2D eigenvalue weighted by molar-refractivity contribution is 5.84. The summed E-state index contributed by atoms with van der Waals surface area (Å²) in [5, 5.41) is 13.7. The minimum absolute atomic E-state index is 0.0367. The molecule has 2 N–H and O–H groups in total. The third kappa shape index (κ3) is 4.64. The van der Waals surface area contributed by atoms with Gasteiger partial charge in [-0.2, -0.15) is 0 Å². The number of aliphatic hydroxyl groups is 1. The Bertz CT molecular complexity index is 576. The molecular formula is C21H32N2O3. The monoisotopic (exact) mass is 360 g/mol. The van der Waals surface area contributed by atoms with Crippen LogP contribution >= 0.6 is 0 Å². The number of morpholine rings is 1. The van der Waals surface area contributed by atoms with Crippen LogP contribution in [0.2, 0.25) is 0 Å². The van der Waals surface area contributed by atoms with E-state index in [1.54, 1.807) is 6.92 Å². The molecule has 0 aromatic heterocycles. The van der Waals surface area contributed by atoms with E-state index in [2.05, 4.69) is 10.2 Å². The van der Waals surface area contributed by atoms with E-state index in [4.69, 9.17) is 4.74 Å². The van der Waals surface area contributed by atoms with Crippen molar-refractivity contribution in [3.8, 4) is 0 Å². The molecule has 2 aliphatic rings. The normalized spacial score (nSPS) is 22.7.